The monoisotopic (exact) mass is 377 g/mol. The Morgan fingerprint density at radius 2 is 1.68 bits per heavy atom. The Hall–Kier alpha value is -3.13. The fourth-order valence-corrected chi connectivity index (χ4v) is 3.36. The quantitative estimate of drug-likeness (QED) is 0.564. The van der Waals surface area contributed by atoms with E-state index >= 15 is 0 Å². The molecule has 4 nitrogen and oxygen atoms in total. The molecule has 1 aromatic heterocycles. The van der Waals surface area contributed by atoms with Crippen molar-refractivity contribution in [3.63, 3.8) is 0 Å². The van der Waals surface area contributed by atoms with Crippen molar-refractivity contribution < 1.29 is 9.13 Å². The van der Waals surface area contributed by atoms with Gasteiger partial charge in [0.1, 0.15) is 23.5 Å². The number of benzene rings is 2. The third-order valence-electron chi connectivity index (χ3n) is 4.80. The summed E-state index contributed by atoms with van der Waals surface area (Å²) >= 11 is 0. The van der Waals surface area contributed by atoms with Crippen LogP contribution in [0.1, 0.15) is 56.4 Å². The van der Waals surface area contributed by atoms with Crippen LogP contribution in [0.2, 0.25) is 0 Å². The van der Waals surface area contributed by atoms with E-state index in [4.69, 9.17) is 4.74 Å². The molecule has 2 aromatic carbocycles. The van der Waals surface area contributed by atoms with Crippen LogP contribution in [0.3, 0.4) is 0 Å². The maximum atomic E-state index is 14.6. The lowest BCUT2D eigenvalue weighted by Crippen LogP contribution is -2.09. The first-order chi connectivity index (χ1) is 13.4. The molecule has 0 amide bonds. The maximum Gasteiger partial charge on any atom is 0.159 e. The summed E-state index contributed by atoms with van der Waals surface area (Å²) in [4.78, 5) is 4.41. The zero-order chi connectivity index (χ0) is 20.4. The molecular formula is C23H24FN3O. The van der Waals surface area contributed by atoms with E-state index in [1.165, 1.54) is 6.07 Å². The normalized spacial score (nSPS) is 11.1. The molecule has 0 saturated carbocycles. The number of ether oxygens (including phenoxy) is 1. The highest BCUT2D eigenvalue weighted by molar-refractivity contribution is 5.65. The van der Waals surface area contributed by atoms with Crippen molar-refractivity contribution in [3.05, 3.63) is 65.2 Å². The van der Waals surface area contributed by atoms with E-state index in [1.54, 1.807) is 31.5 Å². The van der Waals surface area contributed by atoms with Gasteiger partial charge in [-0.2, -0.15) is 5.26 Å². The average molecular weight is 377 g/mol. The Kier molecular flexibility index (Phi) is 5.51. The molecule has 0 bridgehead atoms. The standard InChI is InChI=1S/C23H24FN3O/c1-14(2)19-10-17(28-5)11-20(15(3)4)22(19)27-13-16(12-25)26-23(27)18-8-6-7-9-21(18)24/h6-11,13-15H,1-5H3. The van der Waals surface area contributed by atoms with Crippen molar-refractivity contribution in [1.29, 1.82) is 5.26 Å². The van der Waals surface area contributed by atoms with E-state index in [2.05, 4.69) is 38.7 Å². The predicted octanol–water partition coefficient (Wildman–Crippen LogP) is 5.81. The number of imidazole rings is 1. The lowest BCUT2D eigenvalue weighted by molar-refractivity contribution is 0.413. The largest absolute Gasteiger partial charge is 0.497 e. The van der Waals surface area contributed by atoms with Crippen LogP contribution in [0, 0.1) is 17.1 Å². The van der Waals surface area contributed by atoms with Crippen molar-refractivity contribution in [2.45, 2.75) is 39.5 Å². The minimum atomic E-state index is -0.371. The summed E-state index contributed by atoms with van der Waals surface area (Å²) in [5, 5.41) is 9.44. The second kappa shape index (κ2) is 7.85. The fraction of sp³-hybridized carbons (Fsp3) is 0.304. The van der Waals surface area contributed by atoms with E-state index < -0.39 is 0 Å². The minimum absolute atomic E-state index is 0.198. The van der Waals surface area contributed by atoms with Crippen LogP contribution >= 0.6 is 0 Å². The molecule has 0 saturated heterocycles. The second-order valence-corrected chi connectivity index (χ2v) is 7.38. The maximum absolute atomic E-state index is 14.6. The summed E-state index contributed by atoms with van der Waals surface area (Å²) in [5.41, 5.74) is 3.66. The van der Waals surface area contributed by atoms with Crippen molar-refractivity contribution in [1.82, 2.24) is 9.55 Å². The van der Waals surface area contributed by atoms with E-state index in [0.717, 1.165) is 22.6 Å². The molecule has 1 heterocycles. The zero-order valence-corrected chi connectivity index (χ0v) is 16.8. The molecule has 0 aliphatic carbocycles. The molecule has 0 fully saturated rings. The number of halogens is 1. The third-order valence-corrected chi connectivity index (χ3v) is 4.80. The van der Waals surface area contributed by atoms with Gasteiger partial charge in [0.2, 0.25) is 0 Å². The Balaban J connectivity index is 2.40. The molecule has 0 unspecified atom stereocenters. The predicted molar refractivity (Wildman–Crippen MR) is 108 cm³/mol. The summed E-state index contributed by atoms with van der Waals surface area (Å²) in [5.74, 6) is 1.23. The number of hydrogen-bond acceptors (Lipinski definition) is 3. The first kappa shape index (κ1) is 19.6. The Bertz CT molecular complexity index is 1020. The number of hydrogen-bond donors (Lipinski definition) is 0. The van der Waals surface area contributed by atoms with Crippen molar-refractivity contribution in [3.8, 4) is 28.9 Å². The topological polar surface area (TPSA) is 50.8 Å². The molecule has 0 spiro atoms. The van der Waals surface area contributed by atoms with Crippen molar-refractivity contribution >= 4 is 0 Å². The number of rotatable bonds is 5. The molecule has 0 aliphatic heterocycles. The molecule has 28 heavy (non-hydrogen) atoms. The van der Waals surface area contributed by atoms with E-state index in [0.29, 0.717) is 11.4 Å². The summed E-state index contributed by atoms with van der Waals surface area (Å²) in [7, 11) is 1.65. The highest BCUT2D eigenvalue weighted by Gasteiger charge is 2.23. The van der Waals surface area contributed by atoms with Gasteiger partial charge in [-0.25, -0.2) is 9.37 Å². The Labute approximate surface area is 165 Å². The van der Waals surface area contributed by atoms with Gasteiger partial charge in [-0.05, 0) is 47.2 Å². The van der Waals surface area contributed by atoms with Gasteiger partial charge in [-0.1, -0.05) is 39.8 Å². The Morgan fingerprint density at radius 3 is 2.18 bits per heavy atom. The number of methoxy groups -OCH3 is 1. The lowest BCUT2D eigenvalue weighted by Gasteiger charge is -2.23. The van der Waals surface area contributed by atoms with Gasteiger partial charge in [-0.15, -0.1) is 0 Å². The van der Waals surface area contributed by atoms with Crippen LogP contribution in [-0.2, 0) is 0 Å². The number of nitriles is 1. The molecule has 0 N–H and O–H groups in total. The molecule has 144 valence electrons. The van der Waals surface area contributed by atoms with Crippen LogP contribution in [-0.4, -0.2) is 16.7 Å². The highest BCUT2D eigenvalue weighted by Crippen LogP contribution is 2.37. The summed E-state index contributed by atoms with van der Waals surface area (Å²) < 4.78 is 21.9. The lowest BCUT2D eigenvalue weighted by atomic mass is 9.91. The zero-order valence-electron chi connectivity index (χ0n) is 16.8. The molecule has 5 heteroatoms. The van der Waals surface area contributed by atoms with Crippen LogP contribution < -0.4 is 4.74 Å². The molecule has 3 aromatic rings. The summed E-state index contributed by atoms with van der Waals surface area (Å²) in [6.45, 7) is 8.42. The number of nitrogens with zero attached hydrogens (tertiary/aromatic N) is 3. The molecular weight excluding hydrogens is 353 g/mol. The van der Waals surface area contributed by atoms with Crippen LogP contribution in [0.15, 0.2) is 42.6 Å². The van der Waals surface area contributed by atoms with E-state index in [-0.39, 0.29) is 23.3 Å². The summed E-state index contributed by atoms with van der Waals surface area (Å²) in [6, 6.07) is 12.6. The third kappa shape index (κ3) is 3.50. The molecule has 3 rings (SSSR count). The van der Waals surface area contributed by atoms with E-state index in [9.17, 15) is 9.65 Å². The highest BCUT2D eigenvalue weighted by atomic mass is 19.1. The van der Waals surface area contributed by atoms with Crippen molar-refractivity contribution in [2.24, 2.45) is 0 Å². The van der Waals surface area contributed by atoms with Gasteiger partial charge in [-0.3, -0.25) is 4.57 Å². The van der Waals surface area contributed by atoms with Crippen LogP contribution in [0.25, 0.3) is 17.1 Å². The SMILES string of the molecule is COc1cc(C(C)C)c(-n2cc(C#N)nc2-c2ccccc2F)c(C(C)C)c1. The van der Waals surface area contributed by atoms with Crippen LogP contribution in [0.4, 0.5) is 4.39 Å². The van der Waals surface area contributed by atoms with Gasteiger partial charge in [0, 0.05) is 6.20 Å². The number of aromatic nitrogens is 2. The molecule has 0 atom stereocenters. The first-order valence-corrected chi connectivity index (χ1v) is 9.34. The Morgan fingerprint density at radius 1 is 1.07 bits per heavy atom. The van der Waals surface area contributed by atoms with Gasteiger partial charge in [0.25, 0.3) is 0 Å². The van der Waals surface area contributed by atoms with Gasteiger partial charge in [0.05, 0.1) is 18.4 Å². The average Bonchev–Trinajstić information content (AvgIpc) is 3.10. The minimum Gasteiger partial charge on any atom is -0.497 e. The first-order valence-electron chi connectivity index (χ1n) is 9.34. The van der Waals surface area contributed by atoms with Gasteiger partial charge in [0.15, 0.2) is 5.69 Å². The van der Waals surface area contributed by atoms with Gasteiger partial charge >= 0.3 is 0 Å². The fourth-order valence-electron chi connectivity index (χ4n) is 3.36. The molecule has 0 radical (unpaired) electrons. The van der Waals surface area contributed by atoms with Crippen LogP contribution in [0.5, 0.6) is 5.75 Å². The summed E-state index contributed by atoms with van der Waals surface area (Å²) in [6.07, 6.45) is 1.68. The van der Waals surface area contributed by atoms with E-state index in [1.807, 2.05) is 16.7 Å². The second-order valence-electron chi connectivity index (χ2n) is 7.38. The molecule has 0 aliphatic rings. The van der Waals surface area contributed by atoms with Crippen molar-refractivity contribution in [2.75, 3.05) is 7.11 Å². The smallest absolute Gasteiger partial charge is 0.159 e. The van der Waals surface area contributed by atoms with Gasteiger partial charge < -0.3 is 4.74 Å².